The number of rotatable bonds is 4. The minimum atomic E-state index is 0.0354. The van der Waals surface area contributed by atoms with Gasteiger partial charge in [0.15, 0.2) is 0 Å². The van der Waals surface area contributed by atoms with Gasteiger partial charge >= 0.3 is 0 Å². The third-order valence-electron chi connectivity index (χ3n) is 5.32. The predicted molar refractivity (Wildman–Crippen MR) is 87.3 cm³/mol. The average Bonchev–Trinajstić information content (AvgIpc) is 3.20. The molecule has 0 radical (unpaired) electrons. The van der Waals surface area contributed by atoms with Gasteiger partial charge in [0.25, 0.3) is 0 Å². The third kappa shape index (κ3) is 2.80. The van der Waals surface area contributed by atoms with Crippen molar-refractivity contribution in [2.75, 3.05) is 32.9 Å². The standard InChI is InChI=1S/C18H23N3O2/c22-14-18-6-7-23-12-16(18)11-20(13-18)9-15-8-19-21(10-15)17-4-2-1-3-5-17/h1-5,8,10,16,22H,6-7,9,11-14H2/t16-,18-/m1/s1. The van der Waals surface area contributed by atoms with Crippen molar-refractivity contribution in [2.24, 2.45) is 11.3 Å². The summed E-state index contributed by atoms with van der Waals surface area (Å²) in [5, 5.41) is 14.4. The second-order valence-electron chi connectivity index (χ2n) is 6.84. The quantitative estimate of drug-likeness (QED) is 0.933. The first-order chi connectivity index (χ1) is 11.3. The molecule has 0 bridgehead atoms. The summed E-state index contributed by atoms with van der Waals surface area (Å²) >= 11 is 0. The van der Waals surface area contributed by atoms with Gasteiger partial charge in [-0.25, -0.2) is 4.68 Å². The highest BCUT2D eigenvalue weighted by Crippen LogP contribution is 2.42. The lowest BCUT2D eigenvalue weighted by Crippen LogP contribution is -2.41. The van der Waals surface area contributed by atoms with E-state index in [4.69, 9.17) is 4.74 Å². The maximum absolute atomic E-state index is 9.89. The van der Waals surface area contributed by atoms with Crippen LogP contribution in [0.25, 0.3) is 5.69 Å². The van der Waals surface area contributed by atoms with Crippen molar-refractivity contribution in [3.05, 3.63) is 48.3 Å². The molecule has 122 valence electrons. The van der Waals surface area contributed by atoms with Crippen LogP contribution in [0, 0.1) is 11.3 Å². The fourth-order valence-electron chi connectivity index (χ4n) is 3.96. The highest BCUT2D eigenvalue weighted by atomic mass is 16.5. The van der Waals surface area contributed by atoms with E-state index < -0.39 is 0 Å². The Balaban J connectivity index is 1.46. The van der Waals surface area contributed by atoms with Gasteiger partial charge in [0.2, 0.25) is 0 Å². The second-order valence-corrected chi connectivity index (χ2v) is 6.84. The predicted octanol–water partition coefficient (Wildman–Crippen LogP) is 1.70. The molecule has 1 aromatic heterocycles. The summed E-state index contributed by atoms with van der Waals surface area (Å²) in [5.74, 6) is 0.449. The summed E-state index contributed by atoms with van der Waals surface area (Å²) in [4.78, 5) is 2.43. The van der Waals surface area contributed by atoms with Crippen LogP contribution >= 0.6 is 0 Å². The Labute approximate surface area is 136 Å². The molecule has 2 aliphatic rings. The molecule has 2 fully saturated rings. The SMILES string of the molecule is OC[C@]12CCOC[C@H]1CN(Cc1cnn(-c3ccccc3)c1)C2. The number of hydrogen-bond donors (Lipinski definition) is 1. The van der Waals surface area contributed by atoms with Gasteiger partial charge in [-0.1, -0.05) is 18.2 Å². The Hall–Kier alpha value is -1.69. The van der Waals surface area contributed by atoms with Crippen LogP contribution in [-0.2, 0) is 11.3 Å². The van der Waals surface area contributed by atoms with E-state index in [-0.39, 0.29) is 12.0 Å². The van der Waals surface area contributed by atoms with Crippen LogP contribution in [0.5, 0.6) is 0 Å². The van der Waals surface area contributed by atoms with E-state index in [1.807, 2.05) is 29.1 Å². The molecule has 2 atom stereocenters. The van der Waals surface area contributed by atoms with Crippen molar-refractivity contribution >= 4 is 0 Å². The van der Waals surface area contributed by atoms with E-state index in [9.17, 15) is 5.11 Å². The minimum absolute atomic E-state index is 0.0354. The summed E-state index contributed by atoms with van der Waals surface area (Å²) in [5.41, 5.74) is 2.32. The molecular formula is C18H23N3O2. The topological polar surface area (TPSA) is 50.5 Å². The van der Waals surface area contributed by atoms with Crippen molar-refractivity contribution in [3.63, 3.8) is 0 Å². The van der Waals surface area contributed by atoms with Crippen LogP contribution in [0.2, 0.25) is 0 Å². The van der Waals surface area contributed by atoms with Crippen LogP contribution in [0.3, 0.4) is 0 Å². The molecule has 1 N–H and O–H groups in total. The lowest BCUT2D eigenvalue weighted by Gasteiger charge is -2.36. The Morgan fingerprint density at radius 2 is 2.17 bits per heavy atom. The smallest absolute Gasteiger partial charge is 0.0645 e. The lowest BCUT2D eigenvalue weighted by molar-refractivity contribution is -0.0417. The minimum Gasteiger partial charge on any atom is -0.396 e. The number of aromatic nitrogens is 2. The highest BCUT2D eigenvalue weighted by Gasteiger charge is 2.47. The average molecular weight is 313 g/mol. The largest absolute Gasteiger partial charge is 0.396 e. The van der Waals surface area contributed by atoms with Gasteiger partial charge < -0.3 is 9.84 Å². The van der Waals surface area contributed by atoms with Gasteiger partial charge in [0.05, 0.1) is 25.1 Å². The molecule has 5 heteroatoms. The molecule has 5 nitrogen and oxygen atoms in total. The first-order valence-corrected chi connectivity index (χ1v) is 8.29. The van der Waals surface area contributed by atoms with Crippen LogP contribution in [0.1, 0.15) is 12.0 Å². The van der Waals surface area contributed by atoms with Crippen molar-refractivity contribution < 1.29 is 9.84 Å². The third-order valence-corrected chi connectivity index (χ3v) is 5.32. The van der Waals surface area contributed by atoms with Crippen LogP contribution < -0.4 is 0 Å². The van der Waals surface area contributed by atoms with Crippen LogP contribution in [-0.4, -0.2) is 52.7 Å². The Bertz CT molecular complexity index is 657. The fourth-order valence-corrected chi connectivity index (χ4v) is 3.96. The zero-order valence-corrected chi connectivity index (χ0v) is 13.3. The number of ether oxygens (including phenoxy) is 1. The van der Waals surface area contributed by atoms with Crippen LogP contribution in [0.4, 0.5) is 0 Å². The van der Waals surface area contributed by atoms with E-state index in [0.29, 0.717) is 5.92 Å². The molecule has 0 spiro atoms. The maximum Gasteiger partial charge on any atom is 0.0645 e. The number of likely N-dealkylation sites (tertiary alicyclic amines) is 1. The van der Waals surface area contributed by atoms with Crippen molar-refractivity contribution in [1.82, 2.24) is 14.7 Å². The summed E-state index contributed by atoms with van der Waals surface area (Å²) in [6, 6.07) is 10.2. The molecule has 0 aliphatic carbocycles. The van der Waals surface area contributed by atoms with Crippen LogP contribution in [0.15, 0.2) is 42.7 Å². The first-order valence-electron chi connectivity index (χ1n) is 8.29. The highest BCUT2D eigenvalue weighted by molar-refractivity contribution is 5.30. The van der Waals surface area contributed by atoms with Gasteiger partial charge in [-0.15, -0.1) is 0 Å². The summed E-state index contributed by atoms with van der Waals surface area (Å²) in [7, 11) is 0. The molecule has 2 aliphatic heterocycles. The van der Waals surface area contributed by atoms with Gasteiger partial charge in [-0.3, -0.25) is 4.90 Å². The van der Waals surface area contributed by atoms with Gasteiger partial charge in [0.1, 0.15) is 0 Å². The second kappa shape index (κ2) is 6.07. The van der Waals surface area contributed by atoms with Crippen molar-refractivity contribution in [3.8, 4) is 5.69 Å². The van der Waals surface area contributed by atoms with Gasteiger partial charge in [0, 0.05) is 49.3 Å². The number of aliphatic hydroxyl groups excluding tert-OH is 1. The number of nitrogens with zero attached hydrogens (tertiary/aromatic N) is 3. The first kappa shape index (κ1) is 14.9. The lowest BCUT2D eigenvalue weighted by atomic mass is 9.75. The summed E-state index contributed by atoms with van der Waals surface area (Å²) < 4.78 is 7.54. The molecule has 4 rings (SSSR count). The Morgan fingerprint density at radius 3 is 2.96 bits per heavy atom. The monoisotopic (exact) mass is 313 g/mol. The number of hydrogen-bond acceptors (Lipinski definition) is 4. The van der Waals surface area contributed by atoms with E-state index >= 15 is 0 Å². The number of para-hydroxylation sites is 1. The zero-order chi connectivity index (χ0) is 15.7. The normalized spacial score (nSPS) is 28.0. The van der Waals surface area contributed by atoms with Crippen molar-refractivity contribution in [1.29, 1.82) is 0 Å². The van der Waals surface area contributed by atoms with Crippen molar-refractivity contribution in [2.45, 2.75) is 13.0 Å². The van der Waals surface area contributed by atoms with Gasteiger partial charge in [-0.05, 0) is 18.6 Å². The molecule has 23 heavy (non-hydrogen) atoms. The fraction of sp³-hybridized carbons (Fsp3) is 0.500. The molecule has 1 aromatic carbocycles. The summed E-state index contributed by atoms with van der Waals surface area (Å²) in [6.45, 7) is 4.65. The number of benzene rings is 1. The number of fused-ring (bicyclic) bond motifs is 1. The summed E-state index contributed by atoms with van der Waals surface area (Å²) in [6.07, 6.45) is 5.00. The van der Waals surface area contributed by atoms with E-state index in [0.717, 1.165) is 45.0 Å². The Morgan fingerprint density at radius 1 is 1.30 bits per heavy atom. The van der Waals surface area contributed by atoms with E-state index in [1.165, 1.54) is 5.56 Å². The molecular weight excluding hydrogens is 290 g/mol. The molecule has 3 heterocycles. The molecule has 0 saturated carbocycles. The van der Waals surface area contributed by atoms with E-state index in [1.54, 1.807) is 0 Å². The molecule has 2 aromatic rings. The molecule has 0 amide bonds. The van der Waals surface area contributed by atoms with Gasteiger partial charge in [-0.2, -0.15) is 5.10 Å². The zero-order valence-electron chi connectivity index (χ0n) is 13.3. The number of aliphatic hydroxyl groups is 1. The Kier molecular flexibility index (Phi) is 3.93. The van der Waals surface area contributed by atoms with E-state index in [2.05, 4.69) is 28.3 Å². The molecule has 0 unspecified atom stereocenters. The molecule has 2 saturated heterocycles. The maximum atomic E-state index is 9.89.